The first-order valence-corrected chi connectivity index (χ1v) is 7.82. The van der Waals surface area contributed by atoms with Gasteiger partial charge in [-0.2, -0.15) is 0 Å². The predicted molar refractivity (Wildman–Crippen MR) is 85.1 cm³/mol. The van der Waals surface area contributed by atoms with E-state index in [2.05, 4.69) is 64.2 Å². The van der Waals surface area contributed by atoms with E-state index in [1.807, 2.05) is 6.92 Å². The summed E-state index contributed by atoms with van der Waals surface area (Å²) in [4.78, 5) is 0. The number of rotatable bonds is 6. The number of nitrogens with one attached hydrogen (secondary N) is 1. The summed E-state index contributed by atoms with van der Waals surface area (Å²) in [5.41, 5.74) is 2.15. The summed E-state index contributed by atoms with van der Waals surface area (Å²) >= 11 is 0. The van der Waals surface area contributed by atoms with E-state index in [0.717, 1.165) is 18.9 Å². The third-order valence-electron chi connectivity index (χ3n) is 5.44. The van der Waals surface area contributed by atoms with Crippen molar-refractivity contribution in [3.63, 3.8) is 0 Å². The van der Waals surface area contributed by atoms with E-state index in [-0.39, 0.29) is 0 Å². The second kappa shape index (κ2) is 5.40. The molecule has 20 heavy (non-hydrogen) atoms. The molecule has 0 radical (unpaired) electrons. The van der Waals surface area contributed by atoms with Gasteiger partial charge in [0.2, 0.25) is 0 Å². The third-order valence-corrected chi connectivity index (χ3v) is 5.44. The highest BCUT2D eigenvalue weighted by Crippen LogP contribution is 2.72. The third kappa shape index (κ3) is 2.46. The van der Waals surface area contributed by atoms with Crippen LogP contribution in [0.3, 0.4) is 0 Å². The summed E-state index contributed by atoms with van der Waals surface area (Å²) < 4.78 is 5.54. The summed E-state index contributed by atoms with van der Waals surface area (Å²) in [5, 5.41) is 3.68. The van der Waals surface area contributed by atoms with Gasteiger partial charge in [0, 0.05) is 6.04 Å². The summed E-state index contributed by atoms with van der Waals surface area (Å²) in [5.74, 6) is 1.63. The minimum absolute atomic E-state index is 0.387. The number of ether oxygens (including phenoxy) is 1. The Morgan fingerprint density at radius 1 is 1.05 bits per heavy atom. The van der Waals surface area contributed by atoms with Crippen LogP contribution in [-0.2, 0) is 0 Å². The summed E-state index contributed by atoms with van der Waals surface area (Å²) in [7, 11) is 0. The highest BCUT2D eigenvalue weighted by molar-refractivity contribution is 5.32. The zero-order valence-corrected chi connectivity index (χ0v) is 13.8. The van der Waals surface area contributed by atoms with Gasteiger partial charge in [-0.15, -0.1) is 0 Å². The van der Waals surface area contributed by atoms with Crippen LogP contribution >= 0.6 is 0 Å². The lowest BCUT2D eigenvalue weighted by Gasteiger charge is -2.21. The van der Waals surface area contributed by atoms with E-state index in [0.29, 0.717) is 22.8 Å². The SMILES string of the molecule is CCNC(c1ccc(OCC)cc1)C1C(C)(C)C1(C)C. The average molecular weight is 275 g/mol. The van der Waals surface area contributed by atoms with Crippen LogP contribution in [0.15, 0.2) is 24.3 Å². The molecular weight excluding hydrogens is 246 g/mol. The Kier molecular flexibility index (Phi) is 4.15. The molecule has 1 saturated carbocycles. The molecule has 2 nitrogen and oxygen atoms in total. The van der Waals surface area contributed by atoms with Gasteiger partial charge in [-0.25, -0.2) is 0 Å². The minimum atomic E-state index is 0.387. The van der Waals surface area contributed by atoms with Crippen molar-refractivity contribution >= 4 is 0 Å². The molecule has 1 fully saturated rings. The van der Waals surface area contributed by atoms with Gasteiger partial charge < -0.3 is 10.1 Å². The molecule has 1 aromatic carbocycles. The highest BCUT2D eigenvalue weighted by Gasteiger charge is 2.67. The smallest absolute Gasteiger partial charge is 0.119 e. The van der Waals surface area contributed by atoms with Crippen LogP contribution in [0.5, 0.6) is 5.75 Å². The topological polar surface area (TPSA) is 21.3 Å². The summed E-state index contributed by atoms with van der Waals surface area (Å²) in [6, 6.07) is 9.03. The molecule has 0 aliphatic heterocycles. The Morgan fingerprint density at radius 2 is 1.60 bits per heavy atom. The predicted octanol–water partition coefficient (Wildman–Crippen LogP) is 4.42. The lowest BCUT2D eigenvalue weighted by molar-refractivity contribution is 0.339. The van der Waals surface area contributed by atoms with Gasteiger partial charge in [0.1, 0.15) is 5.75 Å². The maximum Gasteiger partial charge on any atom is 0.119 e. The Hall–Kier alpha value is -1.02. The van der Waals surface area contributed by atoms with Crippen LogP contribution in [0.25, 0.3) is 0 Å². The van der Waals surface area contributed by atoms with Crippen molar-refractivity contribution in [1.29, 1.82) is 0 Å². The molecule has 0 heterocycles. The summed E-state index contributed by atoms with van der Waals surface area (Å²) in [6.45, 7) is 15.5. The van der Waals surface area contributed by atoms with Crippen molar-refractivity contribution in [3.05, 3.63) is 29.8 Å². The minimum Gasteiger partial charge on any atom is -0.494 e. The van der Waals surface area contributed by atoms with Gasteiger partial charge in [0.25, 0.3) is 0 Å². The molecule has 0 bridgehead atoms. The number of hydrogen-bond donors (Lipinski definition) is 1. The maximum atomic E-state index is 5.54. The van der Waals surface area contributed by atoms with Crippen molar-refractivity contribution < 1.29 is 4.74 Å². The standard InChI is InChI=1S/C18H29NO/c1-7-19-15(16-17(3,4)18(16,5)6)13-9-11-14(12-10-13)20-8-2/h9-12,15-16,19H,7-8H2,1-6H3. The molecule has 2 heteroatoms. The molecule has 0 aromatic heterocycles. The molecule has 1 unspecified atom stereocenters. The largest absolute Gasteiger partial charge is 0.494 e. The van der Waals surface area contributed by atoms with Crippen molar-refractivity contribution in [1.82, 2.24) is 5.32 Å². The molecular formula is C18H29NO. The van der Waals surface area contributed by atoms with Gasteiger partial charge in [0.05, 0.1) is 6.61 Å². The van der Waals surface area contributed by atoms with Gasteiger partial charge >= 0.3 is 0 Å². The number of benzene rings is 1. The molecule has 2 rings (SSSR count). The number of hydrogen-bond acceptors (Lipinski definition) is 2. The van der Waals surface area contributed by atoms with Crippen molar-refractivity contribution in [2.24, 2.45) is 16.7 Å². The maximum absolute atomic E-state index is 5.54. The average Bonchev–Trinajstić information content (AvgIpc) is 2.79. The monoisotopic (exact) mass is 275 g/mol. The first-order chi connectivity index (χ1) is 9.36. The molecule has 1 aliphatic carbocycles. The second-order valence-corrected chi connectivity index (χ2v) is 6.96. The molecule has 0 saturated heterocycles. The normalized spacial score (nSPS) is 21.5. The fourth-order valence-corrected chi connectivity index (χ4v) is 3.67. The van der Waals surface area contributed by atoms with Gasteiger partial charge in [-0.05, 0) is 47.9 Å². The molecule has 1 atom stereocenters. The van der Waals surface area contributed by atoms with Crippen LogP contribution in [0.4, 0.5) is 0 Å². The summed E-state index contributed by atoms with van der Waals surface area (Å²) in [6.07, 6.45) is 0. The van der Waals surface area contributed by atoms with Crippen LogP contribution in [0.2, 0.25) is 0 Å². The quantitative estimate of drug-likeness (QED) is 0.830. The second-order valence-electron chi connectivity index (χ2n) is 6.96. The first-order valence-electron chi connectivity index (χ1n) is 7.82. The molecule has 0 spiro atoms. The zero-order chi connectivity index (χ0) is 15.0. The van der Waals surface area contributed by atoms with Gasteiger partial charge in [-0.1, -0.05) is 46.8 Å². The Morgan fingerprint density at radius 3 is 2.00 bits per heavy atom. The fourth-order valence-electron chi connectivity index (χ4n) is 3.67. The van der Waals surface area contributed by atoms with Gasteiger partial charge in [0.15, 0.2) is 0 Å². The fraction of sp³-hybridized carbons (Fsp3) is 0.667. The molecule has 1 aromatic rings. The van der Waals surface area contributed by atoms with E-state index in [1.165, 1.54) is 5.56 Å². The Labute approximate surface area is 123 Å². The molecule has 0 amide bonds. The Bertz CT molecular complexity index is 433. The zero-order valence-electron chi connectivity index (χ0n) is 13.8. The van der Waals surface area contributed by atoms with Crippen molar-refractivity contribution in [2.45, 2.75) is 47.6 Å². The van der Waals surface area contributed by atoms with Gasteiger partial charge in [-0.3, -0.25) is 0 Å². The van der Waals surface area contributed by atoms with Crippen molar-refractivity contribution in [3.8, 4) is 5.75 Å². The van der Waals surface area contributed by atoms with Crippen LogP contribution < -0.4 is 10.1 Å². The molecule has 112 valence electrons. The van der Waals surface area contributed by atoms with Crippen LogP contribution in [-0.4, -0.2) is 13.2 Å². The molecule has 1 N–H and O–H groups in total. The van der Waals surface area contributed by atoms with Crippen LogP contribution in [0.1, 0.15) is 53.1 Å². The van der Waals surface area contributed by atoms with E-state index in [1.54, 1.807) is 0 Å². The van der Waals surface area contributed by atoms with Crippen LogP contribution in [0, 0.1) is 16.7 Å². The van der Waals surface area contributed by atoms with E-state index in [4.69, 9.17) is 4.74 Å². The Balaban J connectivity index is 2.22. The first kappa shape index (κ1) is 15.4. The molecule has 1 aliphatic rings. The lowest BCUT2D eigenvalue weighted by atomic mass is 9.96. The lowest BCUT2D eigenvalue weighted by Crippen LogP contribution is -2.25. The van der Waals surface area contributed by atoms with E-state index >= 15 is 0 Å². The van der Waals surface area contributed by atoms with E-state index < -0.39 is 0 Å². The highest BCUT2D eigenvalue weighted by atomic mass is 16.5. The van der Waals surface area contributed by atoms with Crippen molar-refractivity contribution in [2.75, 3.05) is 13.2 Å². The van der Waals surface area contributed by atoms with E-state index in [9.17, 15) is 0 Å².